The molecule has 0 bridgehead atoms. The summed E-state index contributed by atoms with van der Waals surface area (Å²) in [5.41, 5.74) is 1.36. The van der Waals surface area contributed by atoms with Crippen LogP contribution >= 0.6 is 0 Å². The van der Waals surface area contributed by atoms with Gasteiger partial charge in [-0.3, -0.25) is 0 Å². The maximum Gasteiger partial charge on any atom is 0.243 e. The van der Waals surface area contributed by atoms with E-state index < -0.39 is 10.0 Å². The van der Waals surface area contributed by atoms with Crippen molar-refractivity contribution in [3.05, 3.63) is 66.2 Å². The van der Waals surface area contributed by atoms with Gasteiger partial charge in [0.05, 0.1) is 16.7 Å². The lowest BCUT2D eigenvalue weighted by molar-refractivity contribution is 0.0926. The molecule has 1 aliphatic rings. The second-order valence-corrected chi connectivity index (χ2v) is 8.75. The normalized spacial score (nSPS) is 17.1. The first-order chi connectivity index (χ1) is 14.0. The first-order valence-electron chi connectivity index (χ1n) is 9.22. The van der Waals surface area contributed by atoms with Crippen LogP contribution in [0.1, 0.15) is 18.4 Å². The molecule has 0 aliphatic carbocycles. The molecule has 29 heavy (non-hydrogen) atoms. The van der Waals surface area contributed by atoms with Crippen LogP contribution in [-0.2, 0) is 21.3 Å². The predicted octanol–water partition coefficient (Wildman–Crippen LogP) is 2.17. The van der Waals surface area contributed by atoms with E-state index in [1.54, 1.807) is 24.3 Å². The van der Waals surface area contributed by atoms with Crippen molar-refractivity contribution in [2.75, 3.05) is 13.2 Å². The lowest BCUT2D eigenvalue weighted by Gasteiger charge is -2.25. The van der Waals surface area contributed by atoms with Crippen LogP contribution in [0.5, 0.6) is 0 Å². The van der Waals surface area contributed by atoms with Gasteiger partial charge in [0.2, 0.25) is 10.0 Å². The van der Waals surface area contributed by atoms with Crippen LogP contribution in [0.15, 0.2) is 59.8 Å². The molecule has 2 heterocycles. The maximum absolute atomic E-state index is 13.3. The summed E-state index contributed by atoms with van der Waals surface area (Å²) in [6.07, 6.45) is 3.01. The number of halogens is 1. The summed E-state index contributed by atoms with van der Waals surface area (Å²) >= 11 is 0. The SMILES string of the molecule is O=S(=O)(c1ccc(-n2cnnn2)cc1)N(Cc1ccc(F)cc1)CC1CCCO1. The van der Waals surface area contributed by atoms with Gasteiger partial charge in [-0.2, -0.15) is 4.31 Å². The van der Waals surface area contributed by atoms with Gasteiger partial charge in [0.1, 0.15) is 12.1 Å². The third-order valence-electron chi connectivity index (χ3n) is 4.79. The quantitative estimate of drug-likeness (QED) is 0.585. The van der Waals surface area contributed by atoms with Crippen LogP contribution in [0.4, 0.5) is 4.39 Å². The molecule has 4 rings (SSSR count). The minimum atomic E-state index is -3.78. The highest BCUT2D eigenvalue weighted by molar-refractivity contribution is 7.89. The first-order valence-corrected chi connectivity index (χ1v) is 10.7. The van der Waals surface area contributed by atoms with E-state index in [1.165, 1.54) is 39.6 Å². The van der Waals surface area contributed by atoms with E-state index in [2.05, 4.69) is 15.5 Å². The molecule has 1 fully saturated rings. The van der Waals surface area contributed by atoms with Crippen LogP contribution in [0.2, 0.25) is 0 Å². The van der Waals surface area contributed by atoms with Gasteiger partial charge < -0.3 is 4.74 Å². The Bertz CT molecular complexity index is 1030. The number of aromatic nitrogens is 4. The van der Waals surface area contributed by atoms with Crippen LogP contribution in [-0.4, -0.2) is 52.2 Å². The summed E-state index contributed by atoms with van der Waals surface area (Å²) in [5, 5.41) is 10.9. The minimum absolute atomic E-state index is 0.136. The van der Waals surface area contributed by atoms with E-state index >= 15 is 0 Å². The molecular weight excluding hydrogens is 397 g/mol. The number of hydrogen-bond donors (Lipinski definition) is 0. The largest absolute Gasteiger partial charge is 0.377 e. The fourth-order valence-electron chi connectivity index (χ4n) is 3.26. The van der Waals surface area contributed by atoms with Crippen molar-refractivity contribution in [3.8, 4) is 5.69 Å². The molecule has 10 heteroatoms. The van der Waals surface area contributed by atoms with Crippen molar-refractivity contribution < 1.29 is 17.5 Å². The molecular formula is C19H20FN5O3S. The monoisotopic (exact) mass is 417 g/mol. The Morgan fingerprint density at radius 2 is 1.90 bits per heavy atom. The van der Waals surface area contributed by atoms with Crippen LogP contribution in [0, 0.1) is 5.82 Å². The zero-order valence-corrected chi connectivity index (χ0v) is 16.4. The number of benzene rings is 2. The van der Waals surface area contributed by atoms with Crippen molar-refractivity contribution in [2.24, 2.45) is 0 Å². The molecule has 0 saturated carbocycles. The Kier molecular flexibility index (Phi) is 5.65. The number of nitrogens with zero attached hydrogens (tertiary/aromatic N) is 5. The fourth-order valence-corrected chi connectivity index (χ4v) is 4.72. The van der Waals surface area contributed by atoms with Crippen molar-refractivity contribution in [2.45, 2.75) is 30.4 Å². The number of hydrogen-bond acceptors (Lipinski definition) is 6. The Balaban J connectivity index is 1.61. The second kappa shape index (κ2) is 8.36. The lowest BCUT2D eigenvalue weighted by Crippen LogP contribution is -2.37. The molecule has 1 aliphatic heterocycles. The maximum atomic E-state index is 13.3. The first kappa shape index (κ1) is 19.6. The third kappa shape index (κ3) is 4.50. The number of ether oxygens (including phenoxy) is 1. The number of rotatable bonds is 7. The predicted molar refractivity (Wildman–Crippen MR) is 102 cm³/mol. The third-order valence-corrected chi connectivity index (χ3v) is 6.62. The molecule has 0 amide bonds. The van der Waals surface area contributed by atoms with Crippen LogP contribution in [0.3, 0.4) is 0 Å². The van der Waals surface area contributed by atoms with Gasteiger partial charge in [0.15, 0.2) is 0 Å². The summed E-state index contributed by atoms with van der Waals surface area (Å²) in [5.74, 6) is -0.361. The minimum Gasteiger partial charge on any atom is -0.377 e. The molecule has 1 aromatic heterocycles. The smallest absolute Gasteiger partial charge is 0.243 e. The van der Waals surface area contributed by atoms with Crippen molar-refractivity contribution in [3.63, 3.8) is 0 Å². The van der Waals surface area contributed by atoms with Gasteiger partial charge in [0.25, 0.3) is 0 Å². The zero-order valence-electron chi connectivity index (χ0n) is 15.6. The van der Waals surface area contributed by atoms with Crippen molar-refractivity contribution in [1.82, 2.24) is 24.5 Å². The van der Waals surface area contributed by atoms with Gasteiger partial charge in [0, 0.05) is 19.7 Å². The Hall–Kier alpha value is -2.69. The van der Waals surface area contributed by atoms with E-state index in [-0.39, 0.29) is 29.9 Å². The molecule has 1 unspecified atom stereocenters. The molecule has 3 aromatic rings. The van der Waals surface area contributed by atoms with Gasteiger partial charge in [-0.25, -0.2) is 17.5 Å². The topological polar surface area (TPSA) is 90.2 Å². The van der Waals surface area contributed by atoms with E-state index in [0.29, 0.717) is 17.9 Å². The van der Waals surface area contributed by atoms with Crippen LogP contribution < -0.4 is 0 Å². The van der Waals surface area contributed by atoms with Crippen molar-refractivity contribution in [1.29, 1.82) is 0 Å². The average Bonchev–Trinajstić information content (AvgIpc) is 3.43. The van der Waals surface area contributed by atoms with Crippen molar-refractivity contribution >= 4 is 10.0 Å². The molecule has 1 atom stereocenters. The highest BCUT2D eigenvalue weighted by Gasteiger charge is 2.29. The molecule has 0 N–H and O–H groups in total. The summed E-state index contributed by atoms with van der Waals surface area (Å²) < 4.78 is 48.4. The van der Waals surface area contributed by atoms with E-state index in [1.807, 2.05) is 0 Å². The van der Waals surface area contributed by atoms with Gasteiger partial charge >= 0.3 is 0 Å². The van der Waals surface area contributed by atoms with Gasteiger partial charge in [-0.05, 0) is 65.2 Å². The van der Waals surface area contributed by atoms with Gasteiger partial charge in [-0.15, -0.1) is 5.10 Å². The summed E-state index contributed by atoms with van der Waals surface area (Å²) in [7, 11) is -3.78. The van der Waals surface area contributed by atoms with Crippen LogP contribution in [0.25, 0.3) is 5.69 Å². The van der Waals surface area contributed by atoms with E-state index in [9.17, 15) is 12.8 Å². The standard InChI is InChI=1S/C19H20FN5O3S/c20-16-5-3-15(4-6-16)12-24(13-18-2-1-11-28-18)29(26,27)19-9-7-17(8-10-19)25-14-21-22-23-25/h3-10,14,18H,1-2,11-13H2. The molecule has 152 valence electrons. The fraction of sp³-hybridized carbons (Fsp3) is 0.316. The zero-order chi connectivity index (χ0) is 20.3. The Morgan fingerprint density at radius 3 is 2.52 bits per heavy atom. The Labute approximate surface area is 168 Å². The summed E-state index contributed by atoms with van der Waals surface area (Å²) in [6, 6.07) is 12.2. The molecule has 0 spiro atoms. The highest BCUT2D eigenvalue weighted by atomic mass is 32.2. The Morgan fingerprint density at radius 1 is 1.14 bits per heavy atom. The van der Waals surface area contributed by atoms with Gasteiger partial charge in [-0.1, -0.05) is 12.1 Å². The number of sulfonamides is 1. The highest BCUT2D eigenvalue weighted by Crippen LogP contribution is 2.23. The van der Waals surface area contributed by atoms with E-state index in [0.717, 1.165) is 12.8 Å². The summed E-state index contributed by atoms with van der Waals surface area (Å²) in [4.78, 5) is 0.162. The molecule has 1 saturated heterocycles. The number of tetrazole rings is 1. The summed E-state index contributed by atoms with van der Waals surface area (Å²) in [6.45, 7) is 1.02. The van der Waals surface area contributed by atoms with E-state index in [4.69, 9.17) is 4.74 Å². The molecule has 2 aromatic carbocycles. The average molecular weight is 417 g/mol. The lowest BCUT2D eigenvalue weighted by atomic mass is 10.2. The molecule has 8 nitrogen and oxygen atoms in total. The second-order valence-electron chi connectivity index (χ2n) is 6.81. The molecule has 0 radical (unpaired) electrons.